The first-order chi connectivity index (χ1) is 18.4. The van der Waals surface area contributed by atoms with E-state index in [0.29, 0.717) is 17.9 Å². The topological polar surface area (TPSA) is 113 Å². The number of carbonyl (C=O) groups is 2. The highest BCUT2D eigenvalue weighted by molar-refractivity contribution is 5.95. The van der Waals surface area contributed by atoms with Gasteiger partial charge in [-0.15, -0.1) is 0 Å². The van der Waals surface area contributed by atoms with Crippen LogP contribution in [0.2, 0.25) is 0 Å². The Labute approximate surface area is 227 Å². The van der Waals surface area contributed by atoms with Crippen molar-refractivity contribution in [2.45, 2.75) is 65.1 Å². The molecule has 1 aliphatic heterocycles. The van der Waals surface area contributed by atoms with Crippen LogP contribution in [0.4, 0.5) is 10.5 Å². The quantitative estimate of drug-likeness (QED) is 0.209. The largest absolute Gasteiger partial charge is 0.496 e. The van der Waals surface area contributed by atoms with E-state index in [1.165, 1.54) is 17.7 Å². The zero-order chi connectivity index (χ0) is 28.5. The Morgan fingerprint density at radius 2 is 1.87 bits per heavy atom. The van der Waals surface area contributed by atoms with Crippen molar-refractivity contribution in [3.63, 3.8) is 0 Å². The fourth-order valence-electron chi connectivity index (χ4n) is 5.34. The van der Waals surface area contributed by atoms with Gasteiger partial charge in [0, 0.05) is 41.4 Å². The molecule has 208 valence electrons. The van der Waals surface area contributed by atoms with Crippen molar-refractivity contribution < 1.29 is 28.7 Å². The smallest absolute Gasteiger partial charge is 0.419 e. The van der Waals surface area contributed by atoms with Gasteiger partial charge >= 0.3 is 12.1 Å². The summed E-state index contributed by atoms with van der Waals surface area (Å²) in [5.41, 5.74) is 2.44. The molecule has 0 saturated carbocycles. The third kappa shape index (κ3) is 5.75. The van der Waals surface area contributed by atoms with Gasteiger partial charge in [0.1, 0.15) is 11.4 Å². The Morgan fingerprint density at radius 1 is 1.13 bits per heavy atom. The molecule has 1 saturated heterocycles. The van der Waals surface area contributed by atoms with Gasteiger partial charge in [-0.05, 0) is 76.9 Å². The molecular weight excluding hydrogens is 502 g/mol. The van der Waals surface area contributed by atoms with Crippen LogP contribution in [0.3, 0.4) is 0 Å². The molecule has 2 aromatic carbocycles. The summed E-state index contributed by atoms with van der Waals surface area (Å²) >= 11 is 0. The molecule has 4 rings (SSSR count). The van der Waals surface area contributed by atoms with Gasteiger partial charge in [-0.1, -0.05) is 6.42 Å². The lowest BCUT2D eigenvalue weighted by atomic mass is 9.92. The molecule has 1 atom stereocenters. The first-order valence-electron chi connectivity index (χ1n) is 13.0. The minimum absolute atomic E-state index is 0.105. The van der Waals surface area contributed by atoms with Crippen molar-refractivity contribution in [2.75, 3.05) is 20.8 Å². The van der Waals surface area contributed by atoms with E-state index in [9.17, 15) is 19.7 Å². The summed E-state index contributed by atoms with van der Waals surface area (Å²) in [6, 6.07) is 8.09. The molecule has 10 heteroatoms. The lowest BCUT2D eigenvalue weighted by Crippen LogP contribution is -2.33. The number of fused-ring (bicyclic) bond motifs is 1. The number of piperidine rings is 1. The number of likely N-dealkylation sites (tertiary alicyclic amines) is 1. The average Bonchev–Trinajstić information content (AvgIpc) is 3.35. The highest BCUT2D eigenvalue weighted by Crippen LogP contribution is 2.40. The first-order valence-corrected chi connectivity index (χ1v) is 13.0. The molecular formula is C29H35N3O7. The zero-order valence-electron chi connectivity index (χ0n) is 23.3. The van der Waals surface area contributed by atoms with Gasteiger partial charge in [0.15, 0.2) is 0 Å². The standard InChI is InChI=1S/C29H35N3O7/c1-18-15-25(37-5)22(20-12-14-31(26(18)20)28(34)39-29(2,3)4)17-30-13-8-7-9-23(30)21-11-10-19(27(33)38-6)16-24(21)32(35)36/h10-12,14-16,23H,7-9,13,17H2,1-6H3. The molecule has 2 heterocycles. The van der Waals surface area contributed by atoms with Gasteiger partial charge in [0.25, 0.3) is 5.69 Å². The Balaban J connectivity index is 1.77. The van der Waals surface area contributed by atoms with E-state index < -0.39 is 22.6 Å². The summed E-state index contributed by atoms with van der Waals surface area (Å²) in [7, 11) is 2.86. The van der Waals surface area contributed by atoms with Crippen molar-refractivity contribution in [1.82, 2.24) is 9.47 Å². The van der Waals surface area contributed by atoms with E-state index in [-0.39, 0.29) is 17.3 Å². The summed E-state index contributed by atoms with van der Waals surface area (Å²) < 4.78 is 17.7. The summed E-state index contributed by atoms with van der Waals surface area (Å²) in [6.45, 7) is 8.58. The molecule has 39 heavy (non-hydrogen) atoms. The fourth-order valence-corrected chi connectivity index (χ4v) is 5.34. The van der Waals surface area contributed by atoms with Crippen LogP contribution in [0, 0.1) is 17.0 Å². The predicted octanol–water partition coefficient (Wildman–Crippen LogP) is 6.16. The van der Waals surface area contributed by atoms with E-state index in [0.717, 1.165) is 47.8 Å². The van der Waals surface area contributed by atoms with E-state index in [4.69, 9.17) is 14.2 Å². The van der Waals surface area contributed by atoms with E-state index >= 15 is 0 Å². The summed E-state index contributed by atoms with van der Waals surface area (Å²) in [4.78, 5) is 38.8. The maximum atomic E-state index is 13.0. The Morgan fingerprint density at radius 3 is 2.51 bits per heavy atom. The van der Waals surface area contributed by atoms with E-state index in [1.54, 1.807) is 25.4 Å². The van der Waals surface area contributed by atoms with Gasteiger partial charge in [-0.3, -0.25) is 19.6 Å². The number of esters is 1. The van der Waals surface area contributed by atoms with Gasteiger partial charge in [0.2, 0.25) is 0 Å². The third-order valence-electron chi connectivity index (χ3n) is 7.02. The van der Waals surface area contributed by atoms with Gasteiger partial charge < -0.3 is 14.2 Å². The second-order valence-corrected chi connectivity index (χ2v) is 10.8. The number of nitro groups is 1. The molecule has 0 amide bonds. The van der Waals surface area contributed by atoms with Crippen molar-refractivity contribution in [3.8, 4) is 5.75 Å². The molecule has 0 N–H and O–H groups in total. The summed E-state index contributed by atoms with van der Waals surface area (Å²) in [5.74, 6) is 0.0632. The zero-order valence-corrected chi connectivity index (χ0v) is 23.3. The minimum atomic E-state index is -0.643. The molecule has 1 aliphatic rings. The van der Waals surface area contributed by atoms with Gasteiger partial charge in [-0.2, -0.15) is 0 Å². The monoisotopic (exact) mass is 537 g/mol. The van der Waals surface area contributed by atoms with E-state index in [1.807, 2.05) is 39.8 Å². The molecule has 0 spiro atoms. The molecule has 1 aromatic heterocycles. The van der Waals surface area contributed by atoms with E-state index in [2.05, 4.69) is 4.90 Å². The number of benzene rings is 2. The van der Waals surface area contributed by atoms with Gasteiger partial charge in [-0.25, -0.2) is 9.59 Å². The van der Waals surface area contributed by atoms with Crippen LogP contribution in [0.15, 0.2) is 36.5 Å². The van der Waals surface area contributed by atoms with Crippen LogP contribution in [0.5, 0.6) is 5.75 Å². The SMILES string of the molecule is COC(=O)c1ccc(C2CCCCN2Cc2c(OC)cc(C)c3c2ccn3C(=O)OC(C)(C)C)c([N+](=O)[O-])c1. The number of carbonyl (C=O) groups excluding carboxylic acids is 2. The highest BCUT2D eigenvalue weighted by atomic mass is 16.6. The molecule has 1 fully saturated rings. The number of aromatic nitrogens is 1. The number of nitro benzene ring substituents is 1. The average molecular weight is 538 g/mol. The first kappa shape index (κ1) is 28.1. The number of hydrogen-bond donors (Lipinski definition) is 0. The lowest BCUT2D eigenvalue weighted by molar-refractivity contribution is -0.386. The number of ether oxygens (including phenoxy) is 3. The minimum Gasteiger partial charge on any atom is -0.496 e. The second kappa shape index (κ2) is 11.1. The fraction of sp³-hybridized carbons (Fsp3) is 0.448. The summed E-state index contributed by atoms with van der Waals surface area (Å²) in [6.07, 6.45) is 3.84. The van der Waals surface area contributed by atoms with Crippen molar-refractivity contribution in [1.29, 1.82) is 0 Å². The number of aryl methyl sites for hydroxylation is 1. The Kier molecular flexibility index (Phi) is 7.96. The Hall–Kier alpha value is -3.92. The Bertz CT molecular complexity index is 1420. The van der Waals surface area contributed by atoms with Crippen molar-refractivity contribution >= 4 is 28.7 Å². The molecule has 0 radical (unpaired) electrons. The molecule has 3 aromatic rings. The molecule has 0 bridgehead atoms. The normalized spacial score (nSPS) is 16.2. The van der Waals surface area contributed by atoms with Crippen LogP contribution < -0.4 is 4.74 Å². The highest BCUT2D eigenvalue weighted by Gasteiger charge is 2.32. The molecule has 1 unspecified atom stereocenters. The number of methoxy groups -OCH3 is 2. The number of hydrogen-bond acceptors (Lipinski definition) is 8. The third-order valence-corrected chi connectivity index (χ3v) is 7.02. The molecule has 10 nitrogen and oxygen atoms in total. The number of nitrogens with zero attached hydrogens (tertiary/aromatic N) is 3. The van der Waals surface area contributed by atoms with Crippen molar-refractivity contribution in [3.05, 3.63) is 68.9 Å². The molecule has 0 aliphatic carbocycles. The summed E-state index contributed by atoms with van der Waals surface area (Å²) in [5, 5.41) is 12.9. The van der Waals surface area contributed by atoms with Crippen molar-refractivity contribution in [2.24, 2.45) is 0 Å². The maximum Gasteiger partial charge on any atom is 0.419 e. The lowest BCUT2D eigenvalue weighted by Gasteiger charge is -2.36. The number of rotatable bonds is 6. The van der Waals surface area contributed by atoms with Crippen LogP contribution >= 0.6 is 0 Å². The van der Waals surface area contributed by atoms with Crippen LogP contribution in [-0.4, -0.2) is 52.8 Å². The maximum absolute atomic E-state index is 13.0. The van der Waals surface area contributed by atoms with Crippen LogP contribution in [0.1, 0.15) is 73.1 Å². The van der Waals surface area contributed by atoms with Gasteiger partial charge in [0.05, 0.1) is 30.2 Å². The second-order valence-electron chi connectivity index (χ2n) is 10.8. The predicted molar refractivity (Wildman–Crippen MR) is 146 cm³/mol. The van der Waals surface area contributed by atoms with Crippen LogP contribution in [-0.2, 0) is 16.0 Å². The van der Waals surface area contributed by atoms with Crippen LogP contribution in [0.25, 0.3) is 10.9 Å².